The Morgan fingerprint density at radius 1 is 1.44 bits per heavy atom. The molecular formula is C7H15NO. The first kappa shape index (κ1) is 8.63. The van der Waals surface area contributed by atoms with Gasteiger partial charge < -0.3 is 4.90 Å². The molecule has 0 spiro atoms. The van der Waals surface area contributed by atoms with E-state index < -0.39 is 0 Å². The Bertz CT molecular complexity index is 97.1. The lowest BCUT2D eigenvalue weighted by molar-refractivity contribution is -0.122. The number of Topliss-reactive ketones (excluding diaryl/α,β-unsaturated/α-hetero) is 1. The molecule has 0 radical (unpaired) electrons. The van der Waals surface area contributed by atoms with Crippen molar-refractivity contribution >= 4 is 5.78 Å². The van der Waals surface area contributed by atoms with Gasteiger partial charge in [-0.2, -0.15) is 0 Å². The Morgan fingerprint density at radius 3 is 2.00 bits per heavy atom. The van der Waals surface area contributed by atoms with E-state index in [9.17, 15) is 4.79 Å². The molecule has 0 rings (SSSR count). The van der Waals surface area contributed by atoms with E-state index in [0.29, 0.717) is 12.3 Å². The lowest BCUT2D eigenvalue weighted by atomic mass is 10.1. The first-order chi connectivity index (χ1) is 4.04. The SMILES string of the molecule is CC(C)C(=O)CN(C)C. The smallest absolute Gasteiger partial charge is 0.149 e. The summed E-state index contributed by atoms with van der Waals surface area (Å²) in [5.74, 6) is 0.479. The third-order valence-corrected chi connectivity index (χ3v) is 1.12. The molecule has 2 nitrogen and oxygen atoms in total. The molecule has 0 saturated heterocycles. The van der Waals surface area contributed by atoms with Crippen LogP contribution in [0, 0.1) is 5.92 Å². The van der Waals surface area contributed by atoms with E-state index in [2.05, 4.69) is 0 Å². The van der Waals surface area contributed by atoms with Crippen LogP contribution in [0.1, 0.15) is 13.8 Å². The lowest BCUT2D eigenvalue weighted by Crippen LogP contribution is -2.24. The molecule has 0 aromatic rings. The fourth-order valence-corrected chi connectivity index (χ4v) is 0.494. The number of ketones is 1. The predicted octanol–water partition coefficient (Wildman–Crippen LogP) is 0.773. The summed E-state index contributed by atoms with van der Waals surface area (Å²) in [7, 11) is 3.81. The summed E-state index contributed by atoms with van der Waals surface area (Å²) in [5.41, 5.74) is 0. The van der Waals surface area contributed by atoms with Crippen LogP contribution in [-0.2, 0) is 4.79 Å². The normalized spacial score (nSPS) is 10.9. The summed E-state index contributed by atoms with van der Waals surface area (Å²) in [6.07, 6.45) is 0. The highest BCUT2D eigenvalue weighted by Gasteiger charge is 2.06. The summed E-state index contributed by atoms with van der Waals surface area (Å²) in [6, 6.07) is 0. The molecule has 0 aliphatic carbocycles. The molecule has 0 fully saturated rings. The van der Waals surface area contributed by atoms with Crippen molar-refractivity contribution in [1.82, 2.24) is 4.90 Å². The Labute approximate surface area is 56.9 Å². The Balaban J connectivity index is 3.51. The van der Waals surface area contributed by atoms with Crippen molar-refractivity contribution in [2.75, 3.05) is 20.6 Å². The molecule has 0 heterocycles. The molecule has 0 aliphatic rings. The first-order valence-electron chi connectivity index (χ1n) is 3.21. The van der Waals surface area contributed by atoms with Crippen molar-refractivity contribution < 1.29 is 4.79 Å². The van der Waals surface area contributed by atoms with Crippen LogP contribution in [0.25, 0.3) is 0 Å². The van der Waals surface area contributed by atoms with Gasteiger partial charge in [-0.05, 0) is 14.1 Å². The van der Waals surface area contributed by atoms with Crippen molar-refractivity contribution in [3.8, 4) is 0 Å². The second-order valence-electron chi connectivity index (χ2n) is 2.86. The van der Waals surface area contributed by atoms with Crippen LogP contribution in [0.4, 0.5) is 0 Å². The minimum absolute atomic E-state index is 0.174. The fraction of sp³-hybridized carbons (Fsp3) is 0.857. The van der Waals surface area contributed by atoms with Gasteiger partial charge in [0.05, 0.1) is 6.54 Å². The molecule has 0 amide bonds. The quantitative estimate of drug-likeness (QED) is 0.561. The van der Waals surface area contributed by atoms with Gasteiger partial charge >= 0.3 is 0 Å². The van der Waals surface area contributed by atoms with Crippen LogP contribution in [0.5, 0.6) is 0 Å². The number of nitrogens with zero attached hydrogens (tertiary/aromatic N) is 1. The molecule has 0 saturated carbocycles. The second kappa shape index (κ2) is 3.62. The van der Waals surface area contributed by atoms with Gasteiger partial charge in [0, 0.05) is 5.92 Å². The zero-order valence-electron chi connectivity index (χ0n) is 6.64. The lowest BCUT2D eigenvalue weighted by Gasteiger charge is -2.09. The Kier molecular flexibility index (Phi) is 3.47. The maximum atomic E-state index is 10.9. The number of carbonyl (C=O) groups is 1. The molecule has 54 valence electrons. The Hall–Kier alpha value is -0.370. The molecule has 0 bridgehead atoms. The standard InChI is InChI=1S/C7H15NO/c1-6(2)7(9)5-8(3)4/h6H,5H2,1-4H3. The number of rotatable bonds is 3. The Morgan fingerprint density at radius 2 is 1.89 bits per heavy atom. The van der Waals surface area contributed by atoms with E-state index >= 15 is 0 Å². The van der Waals surface area contributed by atoms with Crippen molar-refractivity contribution in [1.29, 1.82) is 0 Å². The van der Waals surface area contributed by atoms with Gasteiger partial charge in [0.1, 0.15) is 5.78 Å². The highest BCUT2D eigenvalue weighted by atomic mass is 16.1. The number of hydrogen-bond acceptors (Lipinski definition) is 2. The van der Waals surface area contributed by atoms with Crippen molar-refractivity contribution in [3.63, 3.8) is 0 Å². The second-order valence-corrected chi connectivity index (χ2v) is 2.86. The number of hydrogen-bond donors (Lipinski definition) is 0. The van der Waals surface area contributed by atoms with Crippen LogP contribution in [0.2, 0.25) is 0 Å². The maximum absolute atomic E-state index is 10.9. The van der Waals surface area contributed by atoms with Crippen molar-refractivity contribution in [3.05, 3.63) is 0 Å². The van der Waals surface area contributed by atoms with Crippen LogP contribution in [0.15, 0.2) is 0 Å². The van der Waals surface area contributed by atoms with Gasteiger partial charge in [0.15, 0.2) is 0 Å². The van der Waals surface area contributed by atoms with E-state index in [1.54, 1.807) is 0 Å². The molecule has 0 aromatic carbocycles. The van der Waals surface area contributed by atoms with E-state index in [4.69, 9.17) is 0 Å². The summed E-state index contributed by atoms with van der Waals surface area (Å²) < 4.78 is 0. The van der Waals surface area contributed by atoms with Gasteiger partial charge in [0.25, 0.3) is 0 Å². The van der Waals surface area contributed by atoms with E-state index in [0.717, 1.165) is 0 Å². The summed E-state index contributed by atoms with van der Waals surface area (Å²) in [6.45, 7) is 4.41. The number of carbonyl (C=O) groups excluding carboxylic acids is 1. The predicted molar refractivity (Wildman–Crippen MR) is 38.4 cm³/mol. The van der Waals surface area contributed by atoms with Gasteiger partial charge in [0.2, 0.25) is 0 Å². The van der Waals surface area contributed by atoms with E-state index in [1.165, 1.54) is 0 Å². The molecule has 9 heavy (non-hydrogen) atoms. The minimum Gasteiger partial charge on any atom is -0.302 e. The summed E-state index contributed by atoms with van der Waals surface area (Å²) in [4.78, 5) is 12.8. The van der Waals surface area contributed by atoms with Crippen molar-refractivity contribution in [2.24, 2.45) is 5.92 Å². The summed E-state index contributed by atoms with van der Waals surface area (Å²) >= 11 is 0. The first-order valence-corrected chi connectivity index (χ1v) is 3.21. The van der Waals surface area contributed by atoms with Crippen LogP contribution >= 0.6 is 0 Å². The minimum atomic E-state index is 0.174. The van der Waals surface area contributed by atoms with Gasteiger partial charge in [-0.25, -0.2) is 0 Å². The average molecular weight is 129 g/mol. The highest BCUT2D eigenvalue weighted by molar-refractivity contribution is 5.82. The molecule has 0 N–H and O–H groups in total. The number of likely N-dealkylation sites (N-methyl/N-ethyl adjacent to an activating group) is 1. The highest BCUT2D eigenvalue weighted by Crippen LogP contribution is 1.93. The molecule has 0 aliphatic heterocycles. The monoisotopic (exact) mass is 129 g/mol. The molecule has 0 unspecified atom stereocenters. The van der Waals surface area contributed by atoms with Crippen LogP contribution < -0.4 is 0 Å². The largest absolute Gasteiger partial charge is 0.302 e. The third kappa shape index (κ3) is 4.15. The molecular weight excluding hydrogens is 114 g/mol. The maximum Gasteiger partial charge on any atom is 0.149 e. The van der Waals surface area contributed by atoms with Crippen LogP contribution in [-0.4, -0.2) is 31.3 Å². The zero-order valence-corrected chi connectivity index (χ0v) is 6.64. The van der Waals surface area contributed by atoms with Crippen LogP contribution in [0.3, 0.4) is 0 Å². The van der Waals surface area contributed by atoms with Gasteiger partial charge in [-0.3, -0.25) is 4.79 Å². The van der Waals surface area contributed by atoms with Gasteiger partial charge in [-0.1, -0.05) is 13.8 Å². The van der Waals surface area contributed by atoms with Gasteiger partial charge in [-0.15, -0.1) is 0 Å². The average Bonchev–Trinajstić information content (AvgIpc) is 1.63. The fourth-order valence-electron chi connectivity index (χ4n) is 0.494. The third-order valence-electron chi connectivity index (χ3n) is 1.12. The topological polar surface area (TPSA) is 20.3 Å². The van der Waals surface area contributed by atoms with E-state index in [-0.39, 0.29) is 5.92 Å². The summed E-state index contributed by atoms with van der Waals surface area (Å²) in [5, 5.41) is 0. The molecule has 0 atom stereocenters. The zero-order chi connectivity index (χ0) is 7.44. The molecule has 2 heteroatoms. The van der Waals surface area contributed by atoms with Crippen molar-refractivity contribution in [2.45, 2.75) is 13.8 Å². The molecule has 0 aromatic heterocycles. The van der Waals surface area contributed by atoms with E-state index in [1.807, 2.05) is 32.8 Å².